The fourth-order valence-corrected chi connectivity index (χ4v) is 4.72. The molecule has 1 fully saturated rings. The van der Waals surface area contributed by atoms with Gasteiger partial charge in [0.2, 0.25) is 17.4 Å². The van der Waals surface area contributed by atoms with Gasteiger partial charge in [-0.1, -0.05) is 20.8 Å². The topological polar surface area (TPSA) is 125 Å². The van der Waals surface area contributed by atoms with Gasteiger partial charge in [-0.25, -0.2) is 0 Å². The van der Waals surface area contributed by atoms with Gasteiger partial charge < -0.3 is 43.5 Å². The summed E-state index contributed by atoms with van der Waals surface area (Å²) < 4.78 is 32.5. The van der Waals surface area contributed by atoms with Gasteiger partial charge in [-0.05, 0) is 24.3 Å². The Labute approximate surface area is 246 Å². The van der Waals surface area contributed by atoms with E-state index in [1.165, 1.54) is 42.7 Å². The molecule has 0 saturated carbocycles. The van der Waals surface area contributed by atoms with Gasteiger partial charge in [0.25, 0.3) is 11.8 Å². The highest BCUT2D eigenvalue weighted by Crippen LogP contribution is 2.40. The first kappa shape index (κ1) is 32.2. The molecule has 3 amide bonds. The van der Waals surface area contributed by atoms with E-state index in [1.807, 2.05) is 20.8 Å². The van der Waals surface area contributed by atoms with Crippen LogP contribution < -0.4 is 33.7 Å². The standard InChI is InChI=1S/C30H41N3O9/c1-30(2,3)29(36)31-16-20-17-32(27(34)18-12-21(37-4)25(41-8)22(13-18)38-5)10-11-33(20)28(35)19-14-23(39-6)26(42-9)24(15-19)40-7/h12-15,20H,10-11,16-17H2,1-9H3,(H,31,36). The molecule has 3 rings (SSSR count). The number of ether oxygens (including phenoxy) is 6. The lowest BCUT2D eigenvalue weighted by Gasteiger charge is -2.42. The van der Waals surface area contributed by atoms with Crippen LogP contribution in [0.4, 0.5) is 0 Å². The first-order chi connectivity index (χ1) is 19.9. The number of nitrogens with zero attached hydrogens (tertiary/aromatic N) is 2. The highest BCUT2D eigenvalue weighted by atomic mass is 16.5. The van der Waals surface area contributed by atoms with Crippen molar-refractivity contribution in [3.8, 4) is 34.5 Å². The first-order valence-corrected chi connectivity index (χ1v) is 13.4. The molecule has 12 nitrogen and oxygen atoms in total. The van der Waals surface area contributed by atoms with Gasteiger partial charge in [-0.2, -0.15) is 0 Å². The summed E-state index contributed by atoms with van der Waals surface area (Å²) in [7, 11) is 8.89. The van der Waals surface area contributed by atoms with Crippen molar-refractivity contribution in [1.82, 2.24) is 15.1 Å². The average Bonchev–Trinajstić information content (AvgIpc) is 3.00. The van der Waals surface area contributed by atoms with Crippen LogP contribution >= 0.6 is 0 Å². The normalized spacial score (nSPS) is 15.0. The van der Waals surface area contributed by atoms with Crippen LogP contribution in [0.15, 0.2) is 24.3 Å². The van der Waals surface area contributed by atoms with E-state index in [9.17, 15) is 14.4 Å². The number of methoxy groups -OCH3 is 6. The SMILES string of the molecule is COc1cc(C(=O)N2CCN(C(=O)c3cc(OC)c(OC)c(OC)c3)C(CNC(=O)C(C)(C)C)C2)cc(OC)c1OC. The van der Waals surface area contributed by atoms with Crippen molar-refractivity contribution in [3.05, 3.63) is 35.4 Å². The van der Waals surface area contributed by atoms with Gasteiger partial charge >= 0.3 is 0 Å². The zero-order chi connectivity index (χ0) is 31.2. The lowest BCUT2D eigenvalue weighted by molar-refractivity contribution is -0.128. The molecule has 230 valence electrons. The van der Waals surface area contributed by atoms with Gasteiger partial charge in [0.05, 0.1) is 48.7 Å². The molecule has 12 heteroatoms. The Morgan fingerprint density at radius 2 is 1.14 bits per heavy atom. The quantitative estimate of drug-likeness (QED) is 0.447. The molecule has 0 bridgehead atoms. The molecule has 0 spiro atoms. The number of rotatable bonds is 10. The molecule has 2 aromatic carbocycles. The summed E-state index contributed by atoms with van der Waals surface area (Å²) >= 11 is 0. The van der Waals surface area contributed by atoms with Gasteiger partial charge in [0, 0.05) is 42.7 Å². The van der Waals surface area contributed by atoms with Crippen molar-refractivity contribution >= 4 is 17.7 Å². The van der Waals surface area contributed by atoms with E-state index >= 15 is 0 Å². The number of hydrogen-bond donors (Lipinski definition) is 1. The highest BCUT2D eigenvalue weighted by molar-refractivity contribution is 5.98. The maximum Gasteiger partial charge on any atom is 0.254 e. The second-order valence-corrected chi connectivity index (χ2v) is 10.7. The molecule has 2 aromatic rings. The molecular weight excluding hydrogens is 546 g/mol. The molecule has 0 aromatic heterocycles. The number of benzene rings is 2. The number of hydrogen-bond acceptors (Lipinski definition) is 9. The second-order valence-electron chi connectivity index (χ2n) is 10.7. The number of carbonyl (C=O) groups excluding carboxylic acids is 3. The zero-order valence-electron chi connectivity index (χ0n) is 25.8. The monoisotopic (exact) mass is 587 g/mol. The second kappa shape index (κ2) is 13.5. The Bertz CT molecular complexity index is 1260. The van der Waals surface area contributed by atoms with Gasteiger partial charge in [0.15, 0.2) is 23.0 Å². The van der Waals surface area contributed by atoms with Crippen LogP contribution in [0.3, 0.4) is 0 Å². The largest absolute Gasteiger partial charge is 0.493 e. The lowest BCUT2D eigenvalue weighted by Crippen LogP contribution is -2.60. The van der Waals surface area contributed by atoms with Crippen molar-refractivity contribution in [2.45, 2.75) is 26.8 Å². The molecule has 0 aliphatic carbocycles. The lowest BCUT2D eigenvalue weighted by atomic mass is 9.95. The third-order valence-corrected chi connectivity index (χ3v) is 7.03. The molecule has 1 aliphatic heterocycles. The van der Waals surface area contributed by atoms with Crippen LogP contribution in [0.25, 0.3) is 0 Å². The Hall–Kier alpha value is -4.35. The first-order valence-electron chi connectivity index (χ1n) is 13.4. The smallest absolute Gasteiger partial charge is 0.254 e. The Morgan fingerprint density at radius 1 is 0.714 bits per heavy atom. The number of carbonyl (C=O) groups is 3. The van der Waals surface area contributed by atoms with Crippen LogP contribution in [0.1, 0.15) is 41.5 Å². The minimum atomic E-state index is -0.633. The summed E-state index contributed by atoms with van der Waals surface area (Å²) in [5.41, 5.74) is 0.0267. The van der Waals surface area contributed by atoms with E-state index in [0.29, 0.717) is 45.6 Å². The fraction of sp³-hybridized carbons (Fsp3) is 0.500. The number of nitrogens with one attached hydrogen (secondary N) is 1. The molecule has 42 heavy (non-hydrogen) atoms. The summed E-state index contributed by atoms with van der Waals surface area (Å²) in [5.74, 6) is 1.38. The average molecular weight is 588 g/mol. The summed E-state index contributed by atoms with van der Waals surface area (Å²) in [6.07, 6.45) is 0. The third-order valence-electron chi connectivity index (χ3n) is 7.03. The maximum atomic E-state index is 13.9. The van der Waals surface area contributed by atoms with E-state index < -0.39 is 11.5 Å². The molecule has 1 N–H and O–H groups in total. The van der Waals surface area contributed by atoms with E-state index in [1.54, 1.807) is 34.1 Å². The van der Waals surface area contributed by atoms with Crippen molar-refractivity contribution in [1.29, 1.82) is 0 Å². The predicted octanol–water partition coefficient (Wildman–Crippen LogP) is 2.87. The summed E-state index contributed by atoms with van der Waals surface area (Å²) in [4.78, 5) is 43.6. The number of amides is 3. The van der Waals surface area contributed by atoms with Crippen molar-refractivity contribution in [2.75, 3.05) is 68.8 Å². The minimum Gasteiger partial charge on any atom is -0.493 e. The molecule has 1 unspecified atom stereocenters. The highest BCUT2D eigenvalue weighted by Gasteiger charge is 2.35. The number of piperazine rings is 1. The van der Waals surface area contributed by atoms with Crippen LogP contribution in [0.2, 0.25) is 0 Å². The molecule has 0 radical (unpaired) electrons. The Morgan fingerprint density at radius 3 is 1.52 bits per heavy atom. The Balaban J connectivity index is 1.95. The van der Waals surface area contributed by atoms with Crippen molar-refractivity contribution in [2.24, 2.45) is 5.41 Å². The molecule has 1 saturated heterocycles. The van der Waals surface area contributed by atoms with E-state index in [0.717, 1.165) is 0 Å². The molecular formula is C30H41N3O9. The molecule has 1 atom stereocenters. The van der Waals surface area contributed by atoms with Gasteiger partial charge in [-0.3, -0.25) is 14.4 Å². The summed E-state index contributed by atoms with van der Waals surface area (Å²) in [6, 6.07) is 5.83. The maximum absolute atomic E-state index is 13.9. The predicted molar refractivity (Wildman–Crippen MR) is 155 cm³/mol. The van der Waals surface area contributed by atoms with Gasteiger partial charge in [-0.15, -0.1) is 0 Å². The van der Waals surface area contributed by atoms with Crippen molar-refractivity contribution in [3.63, 3.8) is 0 Å². The minimum absolute atomic E-state index is 0.144. The Kier molecular flexibility index (Phi) is 10.4. The van der Waals surface area contributed by atoms with E-state index in [-0.39, 0.29) is 43.9 Å². The fourth-order valence-electron chi connectivity index (χ4n) is 4.72. The zero-order valence-corrected chi connectivity index (χ0v) is 25.8. The van der Waals surface area contributed by atoms with E-state index in [2.05, 4.69) is 5.32 Å². The van der Waals surface area contributed by atoms with Gasteiger partial charge in [0.1, 0.15) is 0 Å². The van der Waals surface area contributed by atoms with Crippen LogP contribution in [-0.4, -0.2) is 102 Å². The van der Waals surface area contributed by atoms with E-state index in [4.69, 9.17) is 28.4 Å². The van der Waals surface area contributed by atoms with Crippen LogP contribution in [0, 0.1) is 5.41 Å². The third kappa shape index (κ3) is 6.75. The van der Waals surface area contributed by atoms with Crippen LogP contribution in [0.5, 0.6) is 34.5 Å². The summed E-state index contributed by atoms with van der Waals surface area (Å²) in [5, 5.41) is 2.95. The summed E-state index contributed by atoms with van der Waals surface area (Å²) in [6.45, 7) is 6.23. The molecule has 1 aliphatic rings. The van der Waals surface area contributed by atoms with Crippen molar-refractivity contribution < 1.29 is 42.8 Å². The van der Waals surface area contributed by atoms with Crippen LogP contribution in [-0.2, 0) is 4.79 Å². The molecule has 1 heterocycles.